The van der Waals surface area contributed by atoms with Gasteiger partial charge in [0.05, 0.1) is 22.3 Å². The Kier molecular flexibility index (Phi) is 5.08. The van der Waals surface area contributed by atoms with Crippen LogP contribution >= 0.6 is 11.3 Å². The Morgan fingerprint density at radius 3 is 2.90 bits per heavy atom. The standard InChI is InChI=1S/C22H24N4O2S/c1-27-13-12-25-11-7-17-19(25)3-2-4-20(17)28-16-5-9-26(10-6-16)22-21-18(8-14-29-21)23-15-24-22/h2-4,7-8,11,14-16H,5-6,9-10,12-13H2,1H3. The number of nitrogens with zero attached hydrogens (tertiary/aromatic N) is 4. The molecule has 0 aliphatic carbocycles. The third-order valence-electron chi connectivity index (χ3n) is 5.57. The van der Waals surface area contributed by atoms with Crippen LogP contribution < -0.4 is 9.64 Å². The van der Waals surface area contributed by atoms with E-state index in [4.69, 9.17) is 9.47 Å². The van der Waals surface area contributed by atoms with Crippen LogP contribution in [0.15, 0.2) is 48.2 Å². The van der Waals surface area contributed by atoms with E-state index in [1.54, 1.807) is 24.8 Å². The molecule has 0 saturated carbocycles. The predicted octanol–water partition coefficient (Wildman–Crippen LogP) is 4.34. The summed E-state index contributed by atoms with van der Waals surface area (Å²) in [5, 5.41) is 3.25. The summed E-state index contributed by atoms with van der Waals surface area (Å²) in [5.74, 6) is 2.03. The second-order valence-electron chi connectivity index (χ2n) is 7.33. The van der Waals surface area contributed by atoms with Gasteiger partial charge in [-0.2, -0.15) is 0 Å². The highest BCUT2D eigenvalue weighted by molar-refractivity contribution is 7.17. The van der Waals surface area contributed by atoms with E-state index in [-0.39, 0.29) is 6.10 Å². The maximum Gasteiger partial charge on any atom is 0.150 e. The molecule has 1 aromatic carbocycles. The largest absolute Gasteiger partial charge is 0.490 e. The van der Waals surface area contributed by atoms with Crippen molar-refractivity contribution in [2.75, 3.05) is 31.7 Å². The average molecular weight is 409 g/mol. The van der Waals surface area contributed by atoms with Gasteiger partial charge in [-0.3, -0.25) is 0 Å². The molecule has 4 aromatic rings. The van der Waals surface area contributed by atoms with Crippen molar-refractivity contribution in [3.63, 3.8) is 0 Å². The normalized spacial score (nSPS) is 15.4. The van der Waals surface area contributed by atoms with Crippen molar-refractivity contribution < 1.29 is 9.47 Å². The van der Waals surface area contributed by atoms with Crippen LogP contribution in [0.1, 0.15) is 12.8 Å². The van der Waals surface area contributed by atoms with Gasteiger partial charge in [0.25, 0.3) is 0 Å². The van der Waals surface area contributed by atoms with Crippen molar-refractivity contribution >= 4 is 38.3 Å². The summed E-state index contributed by atoms with van der Waals surface area (Å²) in [6.45, 7) is 3.44. The molecule has 1 fully saturated rings. The van der Waals surface area contributed by atoms with Crippen molar-refractivity contribution in [2.45, 2.75) is 25.5 Å². The fourth-order valence-corrected chi connectivity index (χ4v) is 4.91. The zero-order valence-corrected chi connectivity index (χ0v) is 17.3. The molecule has 0 bridgehead atoms. The first-order valence-electron chi connectivity index (χ1n) is 10.00. The molecule has 0 atom stereocenters. The molecule has 0 amide bonds. The van der Waals surface area contributed by atoms with Crippen LogP contribution in [0.2, 0.25) is 0 Å². The summed E-state index contributed by atoms with van der Waals surface area (Å²) in [6.07, 6.45) is 5.97. The molecule has 7 heteroatoms. The monoisotopic (exact) mass is 408 g/mol. The van der Waals surface area contributed by atoms with Crippen LogP contribution in [-0.4, -0.2) is 47.4 Å². The molecule has 1 saturated heterocycles. The molecule has 0 N–H and O–H groups in total. The zero-order chi connectivity index (χ0) is 19.6. The number of anilines is 1. The van der Waals surface area contributed by atoms with E-state index < -0.39 is 0 Å². The Balaban J connectivity index is 1.28. The van der Waals surface area contributed by atoms with Crippen LogP contribution in [0.4, 0.5) is 5.82 Å². The van der Waals surface area contributed by atoms with Gasteiger partial charge in [0.1, 0.15) is 24.0 Å². The minimum Gasteiger partial charge on any atom is -0.490 e. The van der Waals surface area contributed by atoms with Gasteiger partial charge < -0.3 is 18.9 Å². The first-order valence-corrected chi connectivity index (χ1v) is 10.9. The zero-order valence-electron chi connectivity index (χ0n) is 16.5. The maximum absolute atomic E-state index is 6.44. The molecular weight excluding hydrogens is 384 g/mol. The molecule has 0 unspecified atom stereocenters. The lowest BCUT2D eigenvalue weighted by atomic mass is 10.1. The first-order chi connectivity index (χ1) is 14.3. The van der Waals surface area contributed by atoms with Gasteiger partial charge in [-0.25, -0.2) is 9.97 Å². The summed E-state index contributed by atoms with van der Waals surface area (Å²) in [6, 6.07) is 10.5. The van der Waals surface area contributed by atoms with Gasteiger partial charge in [0.15, 0.2) is 0 Å². The summed E-state index contributed by atoms with van der Waals surface area (Å²) in [5.41, 5.74) is 2.22. The van der Waals surface area contributed by atoms with E-state index >= 15 is 0 Å². The lowest BCUT2D eigenvalue weighted by Gasteiger charge is -2.33. The van der Waals surface area contributed by atoms with Crippen molar-refractivity contribution in [1.82, 2.24) is 14.5 Å². The van der Waals surface area contributed by atoms with Crippen LogP contribution in [0.25, 0.3) is 21.1 Å². The number of piperidine rings is 1. The number of aromatic nitrogens is 3. The first kappa shape index (κ1) is 18.4. The van der Waals surface area contributed by atoms with Crippen molar-refractivity contribution in [2.24, 2.45) is 0 Å². The minimum absolute atomic E-state index is 0.222. The number of hydrogen-bond acceptors (Lipinski definition) is 6. The van der Waals surface area contributed by atoms with Gasteiger partial charge in [0, 0.05) is 51.2 Å². The fraction of sp³-hybridized carbons (Fsp3) is 0.364. The van der Waals surface area contributed by atoms with Crippen LogP contribution in [0.3, 0.4) is 0 Å². The third-order valence-corrected chi connectivity index (χ3v) is 6.47. The summed E-state index contributed by atoms with van der Waals surface area (Å²) in [7, 11) is 1.73. The molecule has 3 aromatic heterocycles. The van der Waals surface area contributed by atoms with Crippen LogP contribution in [0, 0.1) is 0 Å². The maximum atomic E-state index is 6.44. The van der Waals surface area contributed by atoms with E-state index in [1.807, 2.05) is 0 Å². The molecule has 1 aliphatic rings. The Morgan fingerprint density at radius 2 is 2.03 bits per heavy atom. The SMILES string of the molecule is COCCn1ccc2c(OC3CCN(c4ncnc5ccsc45)CC3)cccc21. The Bertz CT molecular complexity index is 1110. The highest BCUT2D eigenvalue weighted by Crippen LogP contribution is 2.32. The van der Waals surface area contributed by atoms with Gasteiger partial charge >= 0.3 is 0 Å². The molecule has 150 valence electrons. The smallest absolute Gasteiger partial charge is 0.150 e. The summed E-state index contributed by atoms with van der Waals surface area (Å²) >= 11 is 1.71. The second-order valence-corrected chi connectivity index (χ2v) is 8.24. The van der Waals surface area contributed by atoms with Gasteiger partial charge in [-0.15, -0.1) is 11.3 Å². The van der Waals surface area contributed by atoms with Crippen molar-refractivity contribution in [3.8, 4) is 5.75 Å². The molecule has 0 radical (unpaired) electrons. The molecule has 5 rings (SSSR count). The van der Waals surface area contributed by atoms with E-state index in [0.29, 0.717) is 6.61 Å². The number of rotatable bonds is 6. The second kappa shape index (κ2) is 8.00. The van der Waals surface area contributed by atoms with Crippen molar-refractivity contribution in [1.29, 1.82) is 0 Å². The third kappa shape index (κ3) is 3.56. The lowest BCUT2D eigenvalue weighted by Crippen LogP contribution is -2.38. The fourth-order valence-electron chi connectivity index (χ4n) is 4.05. The number of hydrogen-bond donors (Lipinski definition) is 0. The van der Waals surface area contributed by atoms with Crippen LogP contribution in [0.5, 0.6) is 5.75 Å². The Morgan fingerprint density at radius 1 is 1.14 bits per heavy atom. The van der Waals surface area contributed by atoms with Crippen molar-refractivity contribution in [3.05, 3.63) is 48.2 Å². The highest BCUT2D eigenvalue weighted by Gasteiger charge is 2.24. The lowest BCUT2D eigenvalue weighted by molar-refractivity contribution is 0.173. The van der Waals surface area contributed by atoms with E-state index in [0.717, 1.165) is 49.6 Å². The van der Waals surface area contributed by atoms with Gasteiger partial charge in [-0.05, 0) is 29.6 Å². The Labute approximate surface area is 173 Å². The highest BCUT2D eigenvalue weighted by atomic mass is 32.1. The molecule has 29 heavy (non-hydrogen) atoms. The molecular formula is C22H24N4O2S. The van der Waals surface area contributed by atoms with Gasteiger partial charge in [0.2, 0.25) is 0 Å². The predicted molar refractivity (Wildman–Crippen MR) is 117 cm³/mol. The minimum atomic E-state index is 0.222. The molecule has 1 aliphatic heterocycles. The number of ether oxygens (including phenoxy) is 2. The quantitative estimate of drug-likeness (QED) is 0.475. The number of methoxy groups -OCH3 is 1. The molecule has 0 spiro atoms. The number of fused-ring (bicyclic) bond motifs is 2. The van der Waals surface area contributed by atoms with Crippen LogP contribution in [-0.2, 0) is 11.3 Å². The number of thiophene rings is 1. The van der Waals surface area contributed by atoms with E-state index in [9.17, 15) is 0 Å². The average Bonchev–Trinajstić information content (AvgIpc) is 3.40. The summed E-state index contributed by atoms with van der Waals surface area (Å²) in [4.78, 5) is 11.3. The Hall–Kier alpha value is -2.64. The van der Waals surface area contributed by atoms with E-state index in [1.165, 1.54) is 15.6 Å². The van der Waals surface area contributed by atoms with E-state index in [2.05, 4.69) is 61.3 Å². The van der Waals surface area contributed by atoms with Gasteiger partial charge in [-0.1, -0.05) is 6.07 Å². The molecule has 4 heterocycles. The topological polar surface area (TPSA) is 52.4 Å². The number of benzene rings is 1. The summed E-state index contributed by atoms with van der Waals surface area (Å²) < 4.78 is 15.1. The molecule has 6 nitrogen and oxygen atoms in total.